The second-order valence-corrected chi connectivity index (χ2v) is 4.65. The van der Waals surface area contributed by atoms with Crippen molar-refractivity contribution in [1.29, 1.82) is 0 Å². The molecular formula is C13H20N2O4. The SMILES string of the molecule is Cc1ccc(CN(C)C(=O)NC(C)CCC(=O)O)o1. The fourth-order valence-corrected chi connectivity index (χ4v) is 1.61. The molecule has 19 heavy (non-hydrogen) atoms. The van der Waals surface area contributed by atoms with Crippen LogP contribution in [0.4, 0.5) is 4.79 Å². The first kappa shape index (κ1) is 15.1. The van der Waals surface area contributed by atoms with Crippen molar-refractivity contribution in [3.63, 3.8) is 0 Å². The van der Waals surface area contributed by atoms with Gasteiger partial charge in [-0.1, -0.05) is 0 Å². The number of aryl methyl sites for hydroxylation is 1. The summed E-state index contributed by atoms with van der Waals surface area (Å²) in [5.41, 5.74) is 0. The molecule has 1 atom stereocenters. The van der Waals surface area contributed by atoms with E-state index < -0.39 is 5.97 Å². The van der Waals surface area contributed by atoms with Crippen molar-refractivity contribution in [2.24, 2.45) is 0 Å². The molecule has 2 N–H and O–H groups in total. The van der Waals surface area contributed by atoms with Gasteiger partial charge >= 0.3 is 12.0 Å². The predicted octanol–water partition coefficient (Wildman–Crippen LogP) is 1.98. The number of nitrogens with zero attached hydrogens (tertiary/aromatic N) is 1. The number of amides is 2. The van der Waals surface area contributed by atoms with Gasteiger partial charge in [-0.25, -0.2) is 4.79 Å². The van der Waals surface area contributed by atoms with Crippen molar-refractivity contribution < 1.29 is 19.1 Å². The molecule has 6 heteroatoms. The zero-order chi connectivity index (χ0) is 14.4. The van der Waals surface area contributed by atoms with Gasteiger partial charge in [-0.05, 0) is 32.4 Å². The summed E-state index contributed by atoms with van der Waals surface area (Å²) in [5.74, 6) is 0.660. The monoisotopic (exact) mass is 268 g/mol. The van der Waals surface area contributed by atoms with Gasteiger partial charge in [0, 0.05) is 19.5 Å². The van der Waals surface area contributed by atoms with Crippen molar-refractivity contribution in [2.45, 2.75) is 39.3 Å². The van der Waals surface area contributed by atoms with E-state index in [0.29, 0.717) is 18.7 Å². The summed E-state index contributed by atoms with van der Waals surface area (Å²) in [6.07, 6.45) is 0.456. The van der Waals surface area contributed by atoms with Gasteiger partial charge in [0.1, 0.15) is 11.5 Å². The molecule has 0 aromatic carbocycles. The van der Waals surface area contributed by atoms with Gasteiger partial charge in [0.15, 0.2) is 0 Å². The number of carboxylic acids is 1. The van der Waals surface area contributed by atoms with Crippen molar-refractivity contribution >= 4 is 12.0 Å². The standard InChI is InChI=1S/C13H20N2O4/c1-9(4-7-12(16)17)14-13(18)15(3)8-11-6-5-10(2)19-11/h5-6,9H,4,7-8H2,1-3H3,(H,14,18)(H,16,17). The van der Waals surface area contributed by atoms with Crippen molar-refractivity contribution in [1.82, 2.24) is 10.2 Å². The lowest BCUT2D eigenvalue weighted by atomic mass is 10.2. The van der Waals surface area contributed by atoms with Crippen LogP contribution in [-0.2, 0) is 11.3 Å². The lowest BCUT2D eigenvalue weighted by Crippen LogP contribution is -2.41. The molecule has 0 aliphatic heterocycles. The van der Waals surface area contributed by atoms with Crippen LogP contribution in [-0.4, -0.2) is 35.1 Å². The van der Waals surface area contributed by atoms with E-state index in [-0.39, 0.29) is 18.5 Å². The minimum Gasteiger partial charge on any atom is -0.481 e. The molecule has 0 bridgehead atoms. The number of nitrogens with one attached hydrogen (secondary N) is 1. The molecule has 0 saturated carbocycles. The Kier molecular flexibility index (Phi) is 5.41. The quantitative estimate of drug-likeness (QED) is 0.826. The number of hydrogen-bond donors (Lipinski definition) is 2. The normalized spacial score (nSPS) is 11.9. The van der Waals surface area contributed by atoms with Gasteiger partial charge in [-0.3, -0.25) is 4.79 Å². The number of carbonyl (C=O) groups is 2. The third kappa shape index (κ3) is 5.46. The maximum Gasteiger partial charge on any atom is 0.317 e. The van der Waals surface area contributed by atoms with Crippen LogP contribution in [0, 0.1) is 6.92 Å². The first-order valence-electron chi connectivity index (χ1n) is 6.17. The Hall–Kier alpha value is -1.98. The van der Waals surface area contributed by atoms with Gasteiger partial charge in [0.05, 0.1) is 6.54 Å². The van der Waals surface area contributed by atoms with Crippen LogP contribution in [0.2, 0.25) is 0 Å². The van der Waals surface area contributed by atoms with Gasteiger partial charge < -0.3 is 19.7 Å². The number of rotatable bonds is 6. The predicted molar refractivity (Wildman–Crippen MR) is 69.8 cm³/mol. The average Bonchev–Trinajstić information content (AvgIpc) is 2.72. The second-order valence-electron chi connectivity index (χ2n) is 4.65. The largest absolute Gasteiger partial charge is 0.481 e. The highest BCUT2D eigenvalue weighted by Crippen LogP contribution is 2.08. The Morgan fingerprint density at radius 2 is 2.16 bits per heavy atom. The Morgan fingerprint density at radius 3 is 2.68 bits per heavy atom. The Bertz CT molecular complexity index is 442. The molecule has 2 amide bonds. The summed E-state index contributed by atoms with van der Waals surface area (Å²) in [7, 11) is 1.66. The zero-order valence-electron chi connectivity index (χ0n) is 11.5. The highest BCUT2D eigenvalue weighted by atomic mass is 16.4. The minimum atomic E-state index is -0.861. The molecule has 106 valence electrons. The summed E-state index contributed by atoms with van der Waals surface area (Å²) >= 11 is 0. The number of hydrogen-bond acceptors (Lipinski definition) is 3. The molecule has 1 aromatic rings. The fourth-order valence-electron chi connectivity index (χ4n) is 1.61. The van der Waals surface area contributed by atoms with E-state index in [1.54, 1.807) is 14.0 Å². The lowest BCUT2D eigenvalue weighted by Gasteiger charge is -2.20. The third-order valence-electron chi connectivity index (χ3n) is 2.70. The molecule has 1 heterocycles. The molecule has 0 spiro atoms. The molecular weight excluding hydrogens is 248 g/mol. The first-order valence-corrected chi connectivity index (χ1v) is 6.17. The molecule has 0 aliphatic rings. The Labute approximate surface area is 112 Å². The molecule has 0 radical (unpaired) electrons. The summed E-state index contributed by atoms with van der Waals surface area (Å²) in [6.45, 7) is 4.01. The van der Waals surface area contributed by atoms with E-state index in [9.17, 15) is 9.59 Å². The highest BCUT2D eigenvalue weighted by Gasteiger charge is 2.14. The molecule has 1 unspecified atom stereocenters. The number of carbonyl (C=O) groups excluding carboxylic acids is 1. The lowest BCUT2D eigenvalue weighted by molar-refractivity contribution is -0.137. The van der Waals surface area contributed by atoms with E-state index in [1.807, 2.05) is 19.1 Å². The van der Waals surface area contributed by atoms with Crippen molar-refractivity contribution in [3.8, 4) is 0 Å². The molecule has 1 aromatic heterocycles. The maximum atomic E-state index is 11.8. The summed E-state index contributed by atoms with van der Waals surface area (Å²) < 4.78 is 5.39. The van der Waals surface area contributed by atoms with E-state index in [2.05, 4.69) is 5.32 Å². The Balaban J connectivity index is 2.37. The average molecular weight is 268 g/mol. The van der Waals surface area contributed by atoms with Crippen LogP contribution < -0.4 is 5.32 Å². The topological polar surface area (TPSA) is 82.8 Å². The highest BCUT2D eigenvalue weighted by molar-refractivity contribution is 5.74. The van der Waals surface area contributed by atoms with Crippen LogP contribution in [0.15, 0.2) is 16.5 Å². The van der Waals surface area contributed by atoms with Gasteiger partial charge in [-0.15, -0.1) is 0 Å². The van der Waals surface area contributed by atoms with Crippen LogP contribution >= 0.6 is 0 Å². The zero-order valence-corrected chi connectivity index (χ0v) is 11.5. The van der Waals surface area contributed by atoms with Crippen LogP contribution in [0.3, 0.4) is 0 Å². The van der Waals surface area contributed by atoms with Crippen molar-refractivity contribution in [3.05, 3.63) is 23.7 Å². The molecule has 6 nitrogen and oxygen atoms in total. The second kappa shape index (κ2) is 6.82. The van der Waals surface area contributed by atoms with E-state index in [0.717, 1.165) is 5.76 Å². The van der Waals surface area contributed by atoms with Gasteiger partial charge in [0.25, 0.3) is 0 Å². The maximum absolute atomic E-state index is 11.8. The third-order valence-corrected chi connectivity index (χ3v) is 2.70. The molecule has 0 saturated heterocycles. The van der Waals surface area contributed by atoms with E-state index in [1.165, 1.54) is 4.90 Å². The summed E-state index contributed by atoms with van der Waals surface area (Å²) in [4.78, 5) is 23.8. The fraction of sp³-hybridized carbons (Fsp3) is 0.538. The Morgan fingerprint density at radius 1 is 1.47 bits per heavy atom. The van der Waals surface area contributed by atoms with E-state index >= 15 is 0 Å². The van der Waals surface area contributed by atoms with Crippen molar-refractivity contribution in [2.75, 3.05) is 7.05 Å². The summed E-state index contributed by atoms with van der Waals surface area (Å²) in [5, 5.41) is 11.3. The number of furan rings is 1. The van der Waals surface area contributed by atoms with Crippen LogP contribution in [0.1, 0.15) is 31.3 Å². The smallest absolute Gasteiger partial charge is 0.317 e. The van der Waals surface area contributed by atoms with Gasteiger partial charge in [0.2, 0.25) is 0 Å². The van der Waals surface area contributed by atoms with Crippen LogP contribution in [0.25, 0.3) is 0 Å². The number of urea groups is 1. The molecule has 0 aliphatic carbocycles. The molecule has 1 rings (SSSR count). The number of carboxylic acid groups (broad SMARTS) is 1. The summed E-state index contributed by atoms with van der Waals surface area (Å²) in [6, 6.07) is 3.25. The van der Waals surface area contributed by atoms with E-state index in [4.69, 9.17) is 9.52 Å². The van der Waals surface area contributed by atoms with Gasteiger partial charge in [-0.2, -0.15) is 0 Å². The number of aliphatic carboxylic acids is 1. The molecule has 0 fully saturated rings. The van der Waals surface area contributed by atoms with Crippen LogP contribution in [0.5, 0.6) is 0 Å². The first-order chi connectivity index (χ1) is 8.88. The minimum absolute atomic E-state index is 0.0442.